The average Bonchev–Trinajstić information content (AvgIpc) is 2.29. The van der Waals surface area contributed by atoms with Crippen LogP contribution in [-0.2, 0) is 11.2 Å². The maximum absolute atomic E-state index is 5.93. The van der Waals surface area contributed by atoms with Crippen LogP contribution in [-0.4, -0.2) is 40.1 Å². The Bertz CT molecular complexity index is 305. The topological polar surface area (TPSA) is 18.5 Å². The molecule has 0 unspecified atom stereocenters. The number of benzene rings is 1. The number of rotatable bonds is 6. The van der Waals surface area contributed by atoms with Crippen molar-refractivity contribution in [2.45, 2.75) is 12.8 Å². The zero-order valence-corrected chi connectivity index (χ0v) is 11.4. The van der Waals surface area contributed by atoms with Crippen LogP contribution in [0.1, 0.15) is 12.0 Å². The molecule has 0 aliphatic carbocycles. The molecule has 1 rings (SSSR count). The molecule has 0 aliphatic rings. The largest absolute Gasteiger partial charge is 0.538 e. The number of halogens is 1. The van der Waals surface area contributed by atoms with Gasteiger partial charge in [-0.1, -0.05) is 12.1 Å². The zero-order valence-electron chi connectivity index (χ0n) is 9.25. The van der Waals surface area contributed by atoms with Crippen LogP contribution < -0.4 is 8.43 Å². The van der Waals surface area contributed by atoms with Crippen molar-refractivity contribution in [1.29, 1.82) is 0 Å². The third kappa shape index (κ3) is 4.19. The van der Waals surface area contributed by atoms with E-state index in [1.807, 2.05) is 6.07 Å². The van der Waals surface area contributed by atoms with Crippen LogP contribution in [0.15, 0.2) is 18.2 Å². The number of ether oxygens (including phenoxy) is 2. The molecule has 1 aromatic rings. The third-order valence-electron chi connectivity index (χ3n) is 2.29. The number of methoxy groups -OCH3 is 2. The van der Waals surface area contributed by atoms with E-state index in [1.54, 1.807) is 14.2 Å². The summed E-state index contributed by atoms with van der Waals surface area (Å²) in [5.74, 6) is 0.953. The number of hydrogen-bond acceptors (Lipinski definition) is 2. The lowest BCUT2D eigenvalue weighted by molar-refractivity contribution is 0.195. The summed E-state index contributed by atoms with van der Waals surface area (Å²) >= 11 is -0.597. The molecule has 0 atom stereocenters. The van der Waals surface area contributed by atoms with Gasteiger partial charge in [0.2, 0.25) is 0 Å². The predicted molar refractivity (Wildman–Crippen MR) is 64.4 cm³/mol. The molecule has 0 aliphatic heterocycles. The first kappa shape index (κ1) is 13.1. The molecule has 0 aromatic heterocycles. The highest BCUT2D eigenvalue weighted by molar-refractivity contribution is 7.01. The molecular formula is C11H15ClMgO2. The molecule has 2 nitrogen and oxygen atoms in total. The van der Waals surface area contributed by atoms with E-state index < -0.39 is 19.3 Å². The SMILES string of the molecule is COCCCc1c[c]([Mg][Cl])ccc1OC. The second kappa shape index (κ2) is 7.33. The van der Waals surface area contributed by atoms with Gasteiger partial charge in [-0.25, -0.2) is 0 Å². The van der Waals surface area contributed by atoms with Gasteiger partial charge in [-0.05, 0) is 24.5 Å². The molecule has 1 aromatic carbocycles. The van der Waals surface area contributed by atoms with Crippen molar-refractivity contribution in [3.8, 4) is 5.75 Å². The van der Waals surface area contributed by atoms with Gasteiger partial charge in [-0.15, -0.1) is 3.69 Å². The summed E-state index contributed by atoms with van der Waals surface area (Å²) in [7, 11) is 9.35. The van der Waals surface area contributed by atoms with Crippen LogP contribution >= 0.6 is 9.07 Å². The summed E-state index contributed by atoms with van der Waals surface area (Å²) in [6, 6.07) is 6.22. The van der Waals surface area contributed by atoms with Gasteiger partial charge in [0.1, 0.15) is 5.75 Å². The molecule has 0 bridgehead atoms. The second-order valence-corrected chi connectivity index (χ2v) is 5.26. The summed E-state index contributed by atoms with van der Waals surface area (Å²) in [5, 5.41) is 0. The zero-order chi connectivity index (χ0) is 11.1. The van der Waals surface area contributed by atoms with Gasteiger partial charge in [0.05, 0.1) is 7.11 Å². The fourth-order valence-corrected chi connectivity index (χ4v) is 2.55. The minimum Gasteiger partial charge on any atom is -0.496 e. The van der Waals surface area contributed by atoms with E-state index in [0.717, 1.165) is 25.2 Å². The van der Waals surface area contributed by atoms with Crippen molar-refractivity contribution in [2.75, 3.05) is 20.8 Å². The standard InChI is InChI=1S/C11H15O2.ClH.Mg/c1-12-9-5-7-10-6-3-4-8-11(10)13-2;;/h4,6,8H,5,7,9H2,1-2H3;1H;/q;;+1/p-1. The first-order chi connectivity index (χ1) is 7.31. The molecule has 0 fully saturated rings. The van der Waals surface area contributed by atoms with E-state index in [9.17, 15) is 0 Å². The van der Waals surface area contributed by atoms with Crippen LogP contribution in [0.2, 0.25) is 0 Å². The van der Waals surface area contributed by atoms with Crippen LogP contribution in [0.3, 0.4) is 0 Å². The first-order valence-corrected chi connectivity index (χ1v) is 7.87. The molecule has 0 saturated heterocycles. The fourth-order valence-electron chi connectivity index (χ4n) is 1.52. The van der Waals surface area contributed by atoms with Gasteiger partial charge in [-0.3, -0.25) is 0 Å². The summed E-state index contributed by atoms with van der Waals surface area (Å²) in [6.45, 7) is 0.783. The van der Waals surface area contributed by atoms with Gasteiger partial charge < -0.3 is 18.5 Å². The molecule has 15 heavy (non-hydrogen) atoms. The van der Waals surface area contributed by atoms with E-state index in [1.165, 1.54) is 9.26 Å². The molecule has 80 valence electrons. The van der Waals surface area contributed by atoms with E-state index in [0.29, 0.717) is 0 Å². The predicted octanol–water partition coefficient (Wildman–Crippen LogP) is 1.76. The van der Waals surface area contributed by atoms with Crippen molar-refractivity contribution in [3.63, 3.8) is 0 Å². The Morgan fingerprint density at radius 3 is 2.73 bits per heavy atom. The molecule has 0 spiro atoms. The molecule has 0 saturated carbocycles. The van der Waals surface area contributed by atoms with E-state index in [4.69, 9.17) is 18.5 Å². The van der Waals surface area contributed by atoms with Crippen molar-refractivity contribution < 1.29 is 9.47 Å². The lowest BCUT2D eigenvalue weighted by Crippen LogP contribution is -2.10. The molecule has 0 radical (unpaired) electrons. The van der Waals surface area contributed by atoms with Gasteiger partial charge in [0.15, 0.2) is 0 Å². The highest BCUT2D eigenvalue weighted by Crippen LogP contribution is 2.17. The normalized spacial score (nSPS) is 9.80. The van der Waals surface area contributed by atoms with E-state index in [-0.39, 0.29) is 0 Å². The monoisotopic (exact) mass is 238 g/mol. The Morgan fingerprint density at radius 1 is 1.33 bits per heavy atom. The Morgan fingerprint density at radius 2 is 2.13 bits per heavy atom. The molecule has 0 N–H and O–H groups in total. The average molecular weight is 239 g/mol. The third-order valence-corrected chi connectivity index (χ3v) is 3.97. The maximum Gasteiger partial charge on any atom is 0.538 e. The second-order valence-electron chi connectivity index (χ2n) is 3.38. The molecular weight excluding hydrogens is 224 g/mol. The summed E-state index contributed by atoms with van der Waals surface area (Å²) in [4.78, 5) is 0. The van der Waals surface area contributed by atoms with Crippen molar-refractivity contribution >= 4 is 32.0 Å². The van der Waals surface area contributed by atoms with Crippen molar-refractivity contribution in [2.24, 2.45) is 0 Å². The summed E-state index contributed by atoms with van der Waals surface area (Å²) in [6.07, 6.45) is 2.00. The number of hydrogen-bond donors (Lipinski definition) is 0. The van der Waals surface area contributed by atoms with Crippen LogP contribution in [0.5, 0.6) is 5.75 Å². The molecule has 4 heteroatoms. The van der Waals surface area contributed by atoms with E-state index >= 15 is 0 Å². The lowest BCUT2D eigenvalue weighted by atomic mass is 10.1. The van der Waals surface area contributed by atoms with Crippen molar-refractivity contribution in [1.82, 2.24) is 0 Å². The summed E-state index contributed by atoms with van der Waals surface area (Å²) in [5.41, 5.74) is 1.24. The minimum atomic E-state index is -0.597. The van der Waals surface area contributed by atoms with Gasteiger partial charge in [0, 0.05) is 13.7 Å². The van der Waals surface area contributed by atoms with Gasteiger partial charge >= 0.3 is 19.3 Å². The lowest BCUT2D eigenvalue weighted by Gasteiger charge is -2.09. The molecule has 0 amide bonds. The Kier molecular flexibility index (Phi) is 6.41. The Balaban J connectivity index is 2.72. The molecule has 0 heterocycles. The van der Waals surface area contributed by atoms with Crippen molar-refractivity contribution in [3.05, 3.63) is 23.8 Å². The quantitative estimate of drug-likeness (QED) is 0.556. The van der Waals surface area contributed by atoms with Crippen LogP contribution in [0.4, 0.5) is 0 Å². The van der Waals surface area contributed by atoms with Crippen LogP contribution in [0, 0.1) is 0 Å². The summed E-state index contributed by atoms with van der Waals surface area (Å²) < 4.78 is 11.6. The smallest absolute Gasteiger partial charge is 0.496 e. The van der Waals surface area contributed by atoms with Gasteiger partial charge in [0.25, 0.3) is 0 Å². The first-order valence-electron chi connectivity index (χ1n) is 5.02. The van der Waals surface area contributed by atoms with Gasteiger partial charge in [-0.2, -0.15) is 0 Å². The highest BCUT2D eigenvalue weighted by atomic mass is 35.5. The highest BCUT2D eigenvalue weighted by Gasteiger charge is 2.05. The Labute approximate surface area is 104 Å². The van der Waals surface area contributed by atoms with Crippen LogP contribution in [0.25, 0.3) is 0 Å². The minimum absolute atomic E-state index is 0.597. The fraction of sp³-hybridized carbons (Fsp3) is 0.455. The Hall–Kier alpha value is 0.0362. The number of aryl methyl sites for hydroxylation is 1. The maximum atomic E-state index is 5.93. The van der Waals surface area contributed by atoms with E-state index in [2.05, 4.69) is 12.1 Å².